The number of aryl methyl sites for hydroxylation is 1. The fraction of sp³-hybridized carbons (Fsp3) is 0.179. The van der Waals surface area contributed by atoms with E-state index in [2.05, 4.69) is 114 Å². The van der Waals surface area contributed by atoms with E-state index in [1.54, 1.807) is 12.1 Å². The Labute approximate surface area is 271 Å². The molecule has 0 N–H and O–H groups in total. The minimum atomic E-state index is -0.797. The highest BCUT2D eigenvalue weighted by molar-refractivity contribution is 6.25. The second-order valence-electron chi connectivity index (χ2n) is 13.1. The number of rotatable bonds is 6. The van der Waals surface area contributed by atoms with Crippen molar-refractivity contribution >= 4 is 49.8 Å². The summed E-state index contributed by atoms with van der Waals surface area (Å²) in [7, 11) is 0. The maximum atomic E-state index is 11.4. The van der Waals surface area contributed by atoms with Gasteiger partial charge >= 0.3 is 0 Å². The Morgan fingerprint density at radius 2 is 1.62 bits per heavy atom. The van der Waals surface area contributed by atoms with Crippen LogP contribution in [-0.4, -0.2) is 32.2 Å². The van der Waals surface area contributed by atoms with E-state index < -0.39 is 11.1 Å². The monoisotopic (exact) mass is 617 g/mol. The average Bonchev–Trinajstić information content (AvgIpc) is 3.63. The third-order valence-corrected chi connectivity index (χ3v) is 10.2. The molecule has 47 heavy (non-hydrogen) atoms. The van der Waals surface area contributed by atoms with Crippen LogP contribution in [0.25, 0.3) is 49.7 Å². The van der Waals surface area contributed by atoms with Crippen LogP contribution < -0.4 is 9.64 Å². The number of nitrogens with zero attached hydrogens (tertiary/aromatic N) is 5. The molecule has 1 atom stereocenters. The Balaban J connectivity index is 1.01. The maximum Gasteiger partial charge on any atom is 0.270 e. The zero-order chi connectivity index (χ0) is 31.9. The number of anilines is 1. The van der Waals surface area contributed by atoms with Gasteiger partial charge in [-0.15, -0.1) is 5.10 Å². The van der Waals surface area contributed by atoms with E-state index >= 15 is 0 Å². The number of benzene rings is 6. The van der Waals surface area contributed by atoms with Gasteiger partial charge in [0.15, 0.2) is 0 Å². The first-order chi connectivity index (χ1) is 22.8. The topological polar surface area (TPSA) is 86.3 Å². The van der Waals surface area contributed by atoms with Gasteiger partial charge in [-0.25, -0.2) is 0 Å². The lowest BCUT2D eigenvalue weighted by atomic mass is 9.76. The van der Waals surface area contributed by atoms with Crippen molar-refractivity contribution in [3.8, 4) is 17.0 Å². The number of hydrogen-bond donors (Lipinski definition) is 0. The number of para-hydroxylation sites is 1. The van der Waals surface area contributed by atoms with E-state index in [0.717, 1.165) is 23.4 Å². The number of ether oxygens (including phenoxy) is 1. The molecule has 7 aromatic rings. The molecule has 230 valence electrons. The summed E-state index contributed by atoms with van der Waals surface area (Å²) in [6, 6.07) is 32.8. The zero-order valence-electron chi connectivity index (χ0n) is 26.1. The van der Waals surface area contributed by atoms with Gasteiger partial charge in [0.25, 0.3) is 5.69 Å². The normalized spacial score (nSPS) is 17.9. The summed E-state index contributed by atoms with van der Waals surface area (Å²) in [5.74, 6) is 0.637. The van der Waals surface area contributed by atoms with Crippen LogP contribution >= 0.6 is 0 Å². The van der Waals surface area contributed by atoms with Gasteiger partial charge in [0, 0.05) is 42.0 Å². The molecule has 0 saturated heterocycles. The van der Waals surface area contributed by atoms with E-state index in [9.17, 15) is 10.1 Å². The van der Waals surface area contributed by atoms with Crippen LogP contribution in [0.5, 0.6) is 5.75 Å². The number of non-ortho nitro benzene ring substituents is 1. The molecular formula is C39H31N5O3. The molecule has 0 bridgehead atoms. The lowest BCUT2D eigenvalue weighted by Gasteiger charge is -2.47. The third kappa shape index (κ3) is 3.94. The molecule has 0 saturated carbocycles. The summed E-state index contributed by atoms with van der Waals surface area (Å²) in [6.45, 7) is 5.79. The Hall–Kier alpha value is -5.76. The molecule has 0 fully saturated rings. The van der Waals surface area contributed by atoms with Crippen molar-refractivity contribution in [2.75, 3.05) is 11.4 Å². The second-order valence-corrected chi connectivity index (χ2v) is 13.1. The second kappa shape index (κ2) is 9.87. The van der Waals surface area contributed by atoms with Gasteiger partial charge in [0.05, 0.1) is 16.5 Å². The quantitative estimate of drug-likeness (QED) is 0.105. The molecule has 0 amide bonds. The van der Waals surface area contributed by atoms with E-state index in [-0.39, 0.29) is 10.6 Å². The predicted octanol–water partition coefficient (Wildman–Crippen LogP) is 8.74. The van der Waals surface area contributed by atoms with Crippen molar-refractivity contribution < 1.29 is 9.66 Å². The zero-order valence-corrected chi connectivity index (χ0v) is 26.1. The lowest BCUT2D eigenvalue weighted by molar-refractivity contribution is -0.384. The summed E-state index contributed by atoms with van der Waals surface area (Å²) in [5, 5.41) is 28.0. The van der Waals surface area contributed by atoms with E-state index in [4.69, 9.17) is 4.74 Å². The van der Waals surface area contributed by atoms with Crippen LogP contribution in [-0.2, 0) is 12.0 Å². The van der Waals surface area contributed by atoms with Gasteiger partial charge in [-0.1, -0.05) is 78.0 Å². The fourth-order valence-electron chi connectivity index (χ4n) is 7.87. The van der Waals surface area contributed by atoms with E-state index in [1.807, 2.05) is 17.0 Å². The van der Waals surface area contributed by atoms with Gasteiger partial charge in [0.2, 0.25) is 5.72 Å². The molecule has 1 unspecified atom stereocenters. The maximum absolute atomic E-state index is 11.4. The van der Waals surface area contributed by atoms with Crippen molar-refractivity contribution in [2.24, 2.45) is 0 Å². The van der Waals surface area contributed by atoms with Crippen LogP contribution in [0.4, 0.5) is 11.4 Å². The van der Waals surface area contributed by atoms with Gasteiger partial charge in [0.1, 0.15) is 11.4 Å². The molecule has 2 aliphatic rings. The molecule has 9 rings (SSSR count). The molecular weight excluding hydrogens is 586 g/mol. The molecule has 8 nitrogen and oxygen atoms in total. The Morgan fingerprint density at radius 3 is 2.45 bits per heavy atom. The number of fused-ring (bicyclic) bond motifs is 2. The summed E-state index contributed by atoms with van der Waals surface area (Å²) < 4.78 is 8.79. The third-order valence-electron chi connectivity index (χ3n) is 10.2. The standard InChI is InChI=1S/C39H31N5O3/c1-38(2)32-9-3-4-10-34(32)43(39(38)20-19-28-23-29(44(45)46)15-18-35(28)47-39)22-6-21-42-24-33(40-41-42)30-16-13-27-12-11-25-7-5-8-26-14-17-31(30)37(27)36(25)26/h3-5,7-20,23-24H,6,21-22H2,1-2H3. The van der Waals surface area contributed by atoms with Crippen molar-refractivity contribution in [3.05, 3.63) is 131 Å². The van der Waals surface area contributed by atoms with Crippen molar-refractivity contribution in [3.63, 3.8) is 0 Å². The average molecular weight is 618 g/mol. The van der Waals surface area contributed by atoms with Crippen molar-refractivity contribution in [1.82, 2.24) is 15.0 Å². The minimum Gasteiger partial charge on any atom is -0.463 e. The van der Waals surface area contributed by atoms with Gasteiger partial charge in [-0.05, 0) is 82.4 Å². The predicted molar refractivity (Wildman–Crippen MR) is 186 cm³/mol. The van der Waals surface area contributed by atoms with Gasteiger partial charge in [-0.2, -0.15) is 0 Å². The highest BCUT2D eigenvalue weighted by Crippen LogP contribution is 2.55. The number of nitro groups is 1. The smallest absolute Gasteiger partial charge is 0.270 e. The molecule has 0 radical (unpaired) electrons. The number of aromatic nitrogens is 3. The van der Waals surface area contributed by atoms with Gasteiger partial charge < -0.3 is 9.64 Å². The largest absolute Gasteiger partial charge is 0.463 e. The van der Waals surface area contributed by atoms with Gasteiger partial charge in [-0.3, -0.25) is 14.8 Å². The Morgan fingerprint density at radius 1 is 0.851 bits per heavy atom. The Bertz CT molecular complexity index is 2390. The first-order valence-corrected chi connectivity index (χ1v) is 15.9. The summed E-state index contributed by atoms with van der Waals surface area (Å²) >= 11 is 0. The molecule has 8 heteroatoms. The first kappa shape index (κ1) is 27.5. The Kier molecular flexibility index (Phi) is 5.78. The number of hydrogen-bond acceptors (Lipinski definition) is 6. The molecule has 3 heterocycles. The van der Waals surface area contributed by atoms with Crippen LogP contribution in [0.3, 0.4) is 0 Å². The number of nitro benzene ring substituents is 1. The van der Waals surface area contributed by atoms with E-state index in [1.165, 1.54) is 43.9 Å². The summed E-state index contributed by atoms with van der Waals surface area (Å²) in [4.78, 5) is 13.4. The molecule has 6 aromatic carbocycles. The molecule has 0 aliphatic carbocycles. The minimum absolute atomic E-state index is 0.0491. The molecule has 1 aromatic heterocycles. The van der Waals surface area contributed by atoms with Crippen LogP contribution in [0, 0.1) is 10.1 Å². The van der Waals surface area contributed by atoms with E-state index in [0.29, 0.717) is 24.4 Å². The SMILES string of the molecule is CC1(C)c2ccccc2N(CCCn2cc(-c3ccc4ccc5cccc6ccc3c4c56)nn2)C12C=Cc1cc([N+](=O)[O-])ccc1O2. The fourth-order valence-corrected chi connectivity index (χ4v) is 7.87. The van der Waals surface area contributed by atoms with Crippen LogP contribution in [0.2, 0.25) is 0 Å². The van der Waals surface area contributed by atoms with Crippen molar-refractivity contribution in [2.45, 2.75) is 38.0 Å². The summed E-state index contributed by atoms with van der Waals surface area (Å²) in [5.41, 5.74) is 3.83. The van der Waals surface area contributed by atoms with Crippen molar-refractivity contribution in [1.29, 1.82) is 0 Å². The van der Waals surface area contributed by atoms with Crippen LogP contribution in [0.15, 0.2) is 109 Å². The van der Waals surface area contributed by atoms with Crippen LogP contribution in [0.1, 0.15) is 31.4 Å². The summed E-state index contributed by atoms with van der Waals surface area (Å²) in [6.07, 6.45) is 6.88. The highest BCUT2D eigenvalue weighted by atomic mass is 16.6. The first-order valence-electron chi connectivity index (χ1n) is 15.9. The lowest BCUT2D eigenvalue weighted by Crippen LogP contribution is -2.59. The molecule has 1 spiro atoms. The highest BCUT2D eigenvalue weighted by Gasteiger charge is 2.58. The molecule has 2 aliphatic heterocycles.